The van der Waals surface area contributed by atoms with Crippen LogP contribution < -0.4 is 10.1 Å². The van der Waals surface area contributed by atoms with Crippen LogP contribution in [0.1, 0.15) is 37.1 Å². The molecule has 31 heavy (non-hydrogen) atoms. The molecule has 0 bridgehead atoms. The fraction of sp³-hybridized carbons (Fsp3) is 0.385. The van der Waals surface area contributed by atoms with Gasteiger partial charge in [0.25, 0.3) is 0 Å². The van der Waals surface area contributed by atoms with E-state index in [4.69, 9.17) is 9.72 Å². The molecular formula is C26H31N3O2. The SMILES string of the molecule is C=CCc1ccccc1OCCCn1c(CCCNC(=O)C2CC2)nc2ccccc21. The van der Waals surface area contributed by atoms with Crippen LogP contribution in [-0.4, -0.2) is 28.6 Å². The van der Waals surface area contributed by atoms with Gasteiger partial charge in [0, 0.05) is 25.4 Å². The Labute approximate surface area is 184 Å². The van der Waals surface area contributed by atoms with E-state index in [1.807, 2.05) is 30.3 Å². The second-order valence-corrected chi connectivity index (χ2v) is 8.14. The lowest BCUT2D eigenvalue weighted by molar-refractivity contribution is -0.122. The number of hydrogen-bond donors (Lipinski definition) is 1. The quantitative estimate of drug-likeness (QED) is 0.343. The molecule has 0 atom stereocenters. The van der Waals surface area contributed by atoms with Crippen molar-refractivity contribution in [3.8, 4) is 5.75 Å². The number of aryl methyl sites for hydroxylation is 2. The van der Waals surface area contributed by atoms with Crippen LogP contribution in [-0.2, 0) is 24.2 Å². The summed E-state index contributed by atoms with van der Waals surface area (Å²) in [5.41, 5.74) is 3.35. The third-order valence-corrected chi connectivity index (χ3v) is 5.68. The predicted molar refractivity (Wildman–Crippen MR) is 124 cm³/mol. The number of nitrogens with zero attached hydrogens (tertiary/aromatic N) is 2. The first-order chi connectivity index (χ1) is 15.3. The summed E-state index contributed by atoms with van der Waals surface area (Å²) in [5.74, 6) is 2.49. The van der Waals surface area contributed by atoms with E-state index < -0.39 is 0 Å². The van der Waals surface area contributed by atoms with Crippen molar-refractivity contribution in [3.05, 3.63) is 72.6 Å². The summed E-state index contributed by atoms with van der Waals surface area (Å²) in [4.78, 5) is 16.7. The molecule has 1 saturated carbocycles. The van der Waals surface area contributed by atoms with Crippen LogP contribution in [0.15, 0.2) is 61.2 Å². The highest BCUT2D eigenvalue weighted by atomic mass is 16.5. The van der Waals surface area contributed by atoms with Crippen LogP contribution in [0.3, 0.4) is 0 Å². The highest BCUT2D eigenvalue weighted by Crippen LogP contribution is 2.28. The van der Waals surface area contributed by atoms with Crippen molar-refractivity contribution in [2.24, 2.45) is 5.92 Å². The number of rotatable bonds is 12. The van der Waals surface area contributed by atoms with Crippen molar-refractivity contribution in [3.63, 3.8) is 0 Å². The summed E-state index contributed by atoms with van der Waals surface area (Å²) in [6.07, 6.45) is 7.44. The molecule has 5 nitrogen and oxygen atoms in total. The number of imidazole rings is 1. The first-order valence-electron chi connectivity index (χ1n) is 11.3. The summed E-state index contributed by atoms with van der Waals surface area (Å²) in [5, 5.41) is 3.05. The van der Waals surface area contributed by atoms with Gasteiger partial charge in [-0.2, -0.15) is 0 Å². The number of para-hydroxylation sites is 3. The number of carbonyl (C=O) groups excluding carboxylic acids is 1. The zero-order valence-electron chi connectivity index (χ0n) is 18.1. The summed E-state index contributed by atoms with van der Waals surface area (Å²) in [6.45, 7) is 6.04. The molecule has 0 unspecified atom stereocenters. The summed E-state index contributed by atoms with van der Waals surface area (Å²) in [7, 11) is 0. The van der Waals surface area contributed by atoms with Crippen LogP contribution in [0.4, 0.5) is 0 Å². The van der Waals surface area contributed by atoms with Gasteiger partial charge in [0.2, 0.25) is 5.91 Å². The minimum Gasteiger partial charge on any atom is -0.493 e. The molecule has 0 saturated heterocycles. The number of hydrogen-bond acceptors (Lipinski definition) is 3. The van der Waals surface area contributed by atoms with E-state index in [1.54, 1.807) is 0 Å². The summed E-state index contributed by atoms with van der Waals surface area (Å²) in [6, 6.07) is 16.4. The van der Waals surface area contributed by atoms with Crippen LogP contribution >= 0.6 is 0 Å². The van der Waals surface area contributed by atoms with E-state index in [1.165, 1.54) is 5.56 Å². The van der Waals surface area contributed by atoms with Crippen molar-refractivity contribution < 1.29 is 9.53 Å². The van der Waals surface area contributed by atoms with Gasteiger partial charge in [0.15, 0.2) is 0 Å². The Kier molecular flexibility index (Phi) is 7.03. The van der Waals surface area contributed by atoms with Crippen LogP contribution in [0.25, 0.3) is 11.0 Å². The van der Waals surface area contributed by atoms with E-state index in [-0.39, 0.29) is 11.8 Å². The van der Waals surface area contributed by atoms with Gasteiger partial charge in [0.1, 0.15) is 11.6 Å². The number of amides is 1. The molecule has 1 aliphatic rings. The van der Waals surface area contributed by atoms with Crippen molar-refractivity contribution in [1.29, 1.82) is 0 Å². The zero-order valence-corrected chi connectivity index (χ0v) is 18.1. The van der Waals surface area contributed by atoms with Gasteiger partial charge in [-0.25, -0.2) is 4.98 Å². The molecule has 1 amide bonds. The lowest BCUT2D eigenvalue weighted by Gasteiger charge is -2.12. The molecule has 1 aromatic heterocycles. The van der Waals surface area contributed by atoms with E-state index >= 15 is 0 Å². The van der Waals surface area contributed by atoms with E-state index in [9.17, 15) is 4.79 Å². The van der Waals surface area contributed by atoms with Crippen LogP contribution in [0.5, 0.6) is 5.75 Å². The van der Waals surface area contributed by atoms with E-state index in [2.05, 4.69) is 40.7 Å². The van der Waals surface area contributed by atoms with Crippen molar-refractivity contribution in [2.45, 2.75) is 45.1 Å². The Balaban J connectivity index is 1.34. The third kappa shape index (κ3) is 5.54. The Morgan fingerprint density at radius 1 is 1.16 bits per heavy atom. The molecule has 4 rings (SSSR count). The molecule has 0 radical (unpaired) electrons. The maximum absolute atomic E-state index is 11.8. The van der Waals surface area contributed by atoms with E-state index in [0.717, 1.165) is 67.7 Å². The third-order valence-electron chi connectivity index (χ3n) is 5.68. The van der Waals surface area contributed by atoms with Gasteiger partial charge in [-0.3, -0.25) is 4.79 Å². The first-order valence-corrected chi connectivity index (χ1v) is 11.3. The molecule has 162 valence electrons. The fourth-order valence-electron chi connectivity index (χ4n) is 3.89. The Bertz CT molecular complexity index is 1040. The molecule has 5 heteroatoms. The molecular weight excluding hydrogens is 386 g/mol. The van der Waals surface area contributed by atoms with Gasteiger partial charge >= 0.3 is 0 Å². The molecule has 1 aliphatic carbocycles. The highest BCUT2D eigenvalue weighted by molar-refractivity contribution is 5.80. The molecule has 1 N–H and O–H groups in total. The minimum atomic E-state index is 0.211. The number of carbonyl (C=O) groups is 1. The average Bonchev–Trinajstić information content (AvgIpc) is 3.58. The maximum Gasteiger partial charge on any atom is 0.223 e. The van der Waals surface area contributed by atoms with Crippen LogP contribution in [0, 0.1) is 5.92 Å². The lowest BCUT2D eigenvalue weighted by atomic mass is 10.1. The van der Waals surface area contributed by atoms with Gasteiger partial charge < -0.3 is 14.6 Å². The van der Waals surface area contributed by atoms with Gasteiger partial charge in [-0.15, -0.1) is 6.58 Å². The zero-order chi connectivity index (χ0) is 21.5. The Hall–Kier alpha value is -3.08. The number of allylic oxidation sites excluding steroid dienone is 1. The number of fused-ring (bicyclic) bond motifs is 1. The number of benzene rings is 2. The average molecular weight is 418 g/mol. The molecule has 0 spiro atoms. The number of ether oxygens (including phenoxy) is 1. The number of aromatic nitrogens is 2. The molecule has 2 aromatic carbocycles. The van der Waals surface area contributed by atoms with E-state index in [0.29, 0.717) is 13.2 Å². The van der Waals surface area contributed by atoms with Gasteiger partial charge in [-0.1, -0.05) is 36.4 Å². The Morgan fingerprint density at radius 3 is 2.81 bits per heavy atom. The molecule has 0 aliphatic heterocycles. The first kappa shape index (κ1) is 21.2. The molecule has 1 fully saturated rings. The largest absolute Gasteiger partial charge is 0.493 e. The van der Waals surface area contributed by atoms with Crippen molar-refractivity contribution in [2.75, 3.05) is 13.2 Å². The molecule has 1 heterocycles. The van der Waals surface area contributed by atoms with Crippen molar-refractivity contribution in [1.82, 2.24) is 14.9 Å². The van der Waals surface area contributed by atoms with Gasteiger partial charge in [-0.05, 0) is 55.9 Å². The second kappa shape index (κ2) is 10.3. The summed E-state index contributed by atoms with van der Waals surface area (Å²) >= 11 is 0. The number of nitrogens with one attached hydrogen (secondary N) is 1. The monoisotopic (exact) mass is 417 g/mol. The standard InChI is InChI=1S/C26H31N3O2/c1-2-9-20-10-3-6-13-24(20)31-19-8-18-29-23-12-5-4-11-22(23)28-25(29)14-7-17-27-26(30)21-15-16-21/h2-6,10-13,21H,1,7-9,14-19H2,(H,27,30). The predicted octanol–water partition coefficient (Wildman–Crippen LogP) is 4.69. The highest BCUT2D eigenvalue weighted by Gasteiger charge is 2.29. The maximum atomic E-state index is 11.8. The smallest absolute Gasteiger partial charge is 0.223 e. The van der Waals surface area contributed by atoms with Crippen molar-refractivity contribution >= 4 is 16.9 Å². The second-order valence-electron chi connectivity index (χ2n) is 8.14. The fourth-order valence-corrected chi connectivity index (χ4v) is 3.89. The van der Waals surface area contributed by atoms with Gasteiger partial charge in [0.05, 0.1) is 17.6 Å². The summed E-state index contributed by atoms with van der Waals surface area (Å²) < 4.78 is 8.37. The lowest BCUT2D eigenvalue weighted by Crippen LogP contribution is -2.26. The normalized spacial score (nSPS) is 13.3. The topological polar surface area (TPSA) is 56.1 Å². The molecule has 3 aromatic rings. The van der Waals surface area contributed by atoms with Crippen LogP contribution in [0.2, 0.25) is 0 Å². The Morgan fingerprint density at radius 2 is 1.97 bits per heavy atom. The minimum absolute atomic E-state index is 0.211.